The van der Waals surface area contributed by atoms with Crippen molar-refractivity contribution in [1.82, 2.24) is 4.72 Å². The Morgan fingerprint density at radius 3 is 2.85 bits per heavy atom. The lowest BCUT2D eigenvalue weighted by Crippen LogP contribution is -2.37. The third kappa shape index (κ3) is 3.77. The molecular formula is C8H14N2O2S. The molecular weight excluding hydrogens is 188 g/mol. The van der Waals surface area contributed by atoms with Crippen molar-refractivity contribution in [2.75, 3.05) is 12.3 Å². The summed E-state index contributed by atoms with van der Waals surface area (Å²) < 4.78 is 25.0. The van der Waals surface area contributed by atoms with Crippen LogP contribution in [0.25, 0.3) is 0 Å². The fourth-order valence-corrected chi connectivity index (χ4v) is 2.22. The fraction of sp³-hybridized carbons (Fsp3) is 0.750. The minimum absolute atomic E-state index is 0.0226. The highest BCUT2D eigenvalue weighted by molar-refractivity contribution is 7.89. The van der Waals surface area contributed by atoms with Gasteiger partial charge in [0.05, 0.1) is 11.8 Å². The van der Waals surface area contributed by atoms with Gasteiger partial charge in [0, 0.05) is 13.0 Å². The zero-order valence-corrected chi connectivity index (χ0v) is 8.23. The number of hydrogen-bond donors (Lipinski definition) is 2. The molecule has 0 spiro atoms. The number of sulfonamides is 1. The molecule has 0 fully saturated rings. The predicted octanol–water partition coefficient (Wildman–Crippen LogP) is -0.580. The predicted molar refractivity (Wildman–Crippen MR) is 51.4 cm³/mol. The van der Waals surface area contributed by atoms with Gasteiger partial charge in [0.25, 0.3) is 0 Å². The molecule has 0 aromatic heterocycles. The lowest BCUT2D eigenvalue weighted by Gasteiger charge is -2.14. The third-order valence-corrected chi connectivity index (χ3v) is 3.20. The van der Waals surface area contributed by atoms with Crippen molar-refractivity contribution in [1.29, 1.82) is 0 Å². The Hall–Kier alpha value is -0.570. The summed E-state index contributed by atoms with van der Waals surface area (Å²) in [7, 11) is -3.21. The van der Waals surface area contributed by atoms with Crippen LogP contribution in [0, 0.1) is 11.8 Å². The molecule has 3 N–H and O–H groups in total. The Bertz CT molecular complexity index is 313. The van der Waals surface area contributed by atoms with Gasteiger partial charge in [-0.05, 0) is 12.8 Å². The molecule has 74 valence electrons. The smallest absolute Gasteiger partial charge is 0.213 e. The number of rotatable bonds is 4. The van der Waals surface area contributed by atoms with Gasteiger partial charge in [-0.25, -0.2) is 13.1 Å². The average molecular weight is 202 g/mol. The van der Waals surface area contributed by atoms with E-state index in [1.807, 2.05) is 0 Å². The Labute approximate surface area is 78.9 Å². The molecule has 1 unspecified atom stereocenters. The highest BCUT2D eigenvalue weighted by Crippen LogP contribution is 2.05. The minimum Gasteiger partial charge on any atom is -0.329 e. The Morgan fingerprint density at radius 2 is 2.31 bits per heavy atom. The first-order valence-electron chi connectivity index (χ1n) is 4.32. The van der Waals surface area contributed by atoms with E-state index in [0.717, 1.165) is 19.3 Å². The van der Waals surface area contributed by atoms with Gasteiger partial charge in [-0.15, -0.1) is 5.92 Å². The van der Waals surface area contributed by atoms with E-state index < -0.39 is 10.0 Å². The molecule has 0 aromatic carbocycles. The number of nitrogens with two attached hydrogens (primary N) is 1. The van der Waals surface area contributed by atoms with Crippen molar-refractivity contribution in [2.24, 2.45) is 5.73 Å². The van der Waals surface area contributed by atoms with E-state index in [1.165, 1.54) is 0 Å². The summed E-state index contributed by atoms with van der Waals surface area (Å²) in [5.74, 6) is 5.72. The first-order chi connectivity index (χ1) is 6.14. The van der Waals surface area contributed by atoms with Crippen molar-refractivity contribution >= 4 is 10.0 Å². The minimum atomic E-state index is -3.21. The summed E-state index contributed by atoms with van der Waals surface area (Å²) in [5.41, 5.74) is 5.16. The van der Waals surface area contributed by atoms with Crippen LogP contribution in [0.15, 0.2) is 0 Å². The Morgan fingerprint density at radius 1 is 1.54 bits per heavy atom. The first-order valence-corrected chi connectivity index (χ1v) is 5.98. The Balaban J connectivity index is 2.50. The topological polar surface area (TPSA) is 72.2 Å². The van der Waals surface area contributed by atoms with E-state index in [9.17, 15) is 8.42 Å². The van der Waals surface area contributed by atoms with Gasteiger partial charge in [0.2, 0.25) is 10.0 Å². The summed E-state index contributed by atoms with van der Waals surface area (Å²) in [5, 5.41) is 0. The quantitative estimate of drug-likeness (QED) is 0.599. The zero-order valence-electron chi connectivity index (χ0n) is 7.41. The van der Waals surface area contributed by atoms with Crippen LogP contribution < -0.4 is 10.5 Å². The lowest BCUT2D eigenvalue weighted by molar-refractivity contribution is 0.558. The van der Waals surface area contributed by atoms with E-state index in [-0.39, 0.29) is 18.3 Å². The second kappa shape index (κ2) is 4.61. The van der Waals surface area contributed by atoms with Crippen molar-refractivity contribution in [3.05, 3.63) is 0 Å². The molecule has 0 radical (unpaired) electrons. The zero-order chi connectivity index (χ0) is 9.73. The molecule has 1 rings (SSSR count). The van der Waals surface area contributed by atoms with Gasteiger partial charge >= 0.3 is 0 Å². The summed E-state index contributed by atoms with van der Waals surface area (Å²) >= 11 is 0. The van der Waals surface area contributed by atoms with Crippen LogP contribution in [0.1, 0.15) is 19.3 Å². The lowest BCUT2D eigenvalue weighted by atomic mass is 10.1. The third-order valence-electron chi connectivity index (χ3n) is 1.78. The van der Waals surface area contributed by atoms with Crippen LogP contribution in [0.5, 0.6) is 0 Å². The largest absolute Gasteiger partial charge is 0.329 e. The Kier molecular flexibility index (Phi) is 3.72. The highest BCUT2D eigenvalue weighted by Gasteiger charge is 2.15. The van der Waals surface area contributed by atoms with Gasteiger partial charge in [0.1, 0.15) is 0 Å². The fourth-order valence-electron chi connectivity index (χ4n) is 1.18. The molecule has 1 aliphatic rings. The van der Waals surface area contributed by atoms with Crippen molar-refractivity contribution in [3.63, 3.8) is 0 Å². The van der Waals surface area contributed by atoms with Gasteiger partial charge in [0.15, 0.2) is 0 Å². The SMILES string of the molecule is NCCS(=O)(=O)NC1C#CCCC1. The maximum Gasteiger partial charge on any atom is 0.213 e. The van der Waals surface area contributed by atoms with E-state index in [2.05, 4.69) is 16.6 Å². The molecule has 0 saturated heterocycles. The second-order valence-corrected chi connectivity index (χ2v) is 4.86. The molecule has 13 heavy (non-hydrogen) atoms. The van der Waals surface area contributed by atoms with Crippen LogP contribution in [0.4, 0.5) is 0 Å². The maximum atomic E-state index is 11.2. The van der Waals surface area contributed by atoms with Gasteiger partial charge in [-0.2, -0.15) is 0 Å². The second-order valence-electron chi connectivity index (χ2n) is 2.99. The highest BCUT2D eigenvalue weighted by atomic mass is 32.2. The van der Waals surface area contributed by atoms with Crippen LogP contribution in [-0.2, 0) is 10.0 Å². The standard InChI is InChI=1S/C8H14N2O2S/c9-6-7-13(11,12)10-8-4-2-1-3-5-8/h8,10H,1-2,4,6-7,9H2. The number of hydrogen-bond acceptors (Lipinski definition) is 3. The molecule has 1 aliphatic carbocycles. The monoisotopic (exact) mass is 202 g/mol. The summed E-state index contributed by atoms with van der Waals surface area (Å²) in [6.07, 6.45) is 2.63. The van der Waals surface area contributed by atoms with Crippen LogP contribution in [0.3, 0.4) is 0 Å². The molecule has 4 nitrogen and oxygen atoms in total. The maximum absolute atomic E-state index is 11.2. The first kappa shape index (κ1) is 10.5. The van der Waals surface area contributed by atoms with Gasteiger partial charge < -0.3 is 5.73 Å². The van der Waals surface area contributed by atoms with E-state index >= 15 is 0 Å². The molecule has 0 heterocycles. The molecule has 0 amide bonds. The average Bonchev–Trinajstić information content (AvgIpc) is 2.04. The van der Waals surface area contributed by atoms with E-state index in [4.69, 9.17) is 5.73 Å². The van der Waals surface area contributed by atoms with Crippen LogP contribution >= 0.6 is 0 Å². The van der Waals surface area contributed by atoms with E-state index in [1.54, 1.807) is 0 Å². The van der Waals surface area contributed by atoms with Crippen LogP contribution in [0.2, 0.25) is 0 Å². The normalized spacial score (nSPS) is 22.1. The summed E-state index contributed by atoms with van der Waals surface area (Å²) in [4.78, 5) is 0. The van der Waals surface area contributed by atoms with Crippen molar-refractivity contribution < 1.29 is 8.42 Å². The summed E-state index contributed by atoms with van der Waals surface area (Å²) in [6.45, 7) is 0.148. The molecule has 1 atom stereocenters. The van der Waals surface area contributed by atoms with Crippen molar-refractivity contribution in [2.45, 2.75) is 25.3 Å². The number of nitrogens with one attached hydrogen (secondary N) is 1. The summed E-state index contributed by atoms with van der Waals surface area (Å²) in [6, 6.07) is -0.203. The molecule has 5 heteroatoms. The van der Waals surface area contributed by atoms with E-state index in [0.29, 0.717) is 0 Å². The molecule has 0 aliphatic heterocycles. The molecule has 0 bridgehead atoms. The van der Waals surface area contributed by atoms with Crippen molar-refractivity contribution in [3.8, 4) is 11.8 Å². The van der Waals surface area contributed by atoms with Gasteiger partial charge in [-0.3, -0.25) is 0 Å². The molecule has 0 saturated carbocycles. The van der Waals surface area contributed by atoms with Gasteiger partial charge in [-0.1, -0.05) is 5.92 Å². The van der Waals surface area contributed by atoms with Crippen LogP contribution in [-0.4, -0.2) is 26.8 Å². The molecule has 0 aromatic rings.